The second-order valence-electron chi connectivity index (χ2n) is 5.47. The van der Waals surface area contributed by atoms with Crippen molar-refractivity contribution < 1.29 is 19.8 Å². The summed E-state index contributed by atoms with van der Waals surface area (Å²) in [6.45, 7) is 7.12. The smallest absolute Gasteiger partial charge is 0.512 e. The van der Waals surface area contributed by atoms with Gasteiger partial charge in [-0.25, -0.2) is 0 Å². The molecule has 4 saturated heterocycles. The van der Waals surface area contributed by atoms with Gasteiger partial charge in [0, 0.05) is 6.07 Å². The summed E-state index contributed by atoms with van der Waals surface area (Å²) in [6.07, 6.45) is 0. The highest BCUT2D eigenvalue weighted by atomic mass is 16.6. The van der Waals surface area contributed by atoms with Crippen LogP contribution >= 0.6 is 0 Å². The van der Waals surface area contributed by atoms with E-state index in [4.69, 9.17) is 15.2 Å². The first-order chi connectivity index (χ1) is 10.1. The van der Waals surface area contributed by atoms with E-state index in [0.29, 0.717) is 0 Å². The van der Waals surface area contributed by atoms with Gasteiger partial charge in [-0.05, 0) is 12.1 Å². The fraction of sp³-hybridized carbons (Fsp3) is 0.500. The first-order valence-electron chi connectivity index (χ1n) is 6.80. The van der Waals surface area contributed by atoms with Crippen molar-refractivity contribution >= 4 is 7.32 Å². The molecule has 0 atom stereocenters. The Morgan fingerprint density at radius 2 is 1.33 bits per heavy atom. The molecule has 0 spiro atoms. The Hall–Kier alpha value is -1.36. The zero-order chi connectivity index (χ0) is 14.8. The molecule has 4 aliphatic rings. The fourth-order valence-corrected chi connectivity index (χ4v) is 2.91. The molecule has 0 saturated carbocycles. The van der Waals surface area contributed by atoms with Crippen molar-refractivity contribution in [1.29, 1.82) is 0 Å². The zero-order valence-electron chi connectivity index (χ0n) is 11.7. The van der Waals surface area contributed by atoms with Crippen LogP contribution in [0.15, 0.2) is 24.3 Å². The molecule has 0 aliphatic carbocycles. The van der Waals surface area contributed by atoms with Crippen LogP contribution in [-0.2, 0) is 0 Å². The summed E-state index contributed by atoms with van der Waals surface area (Å²) in [5.41, 5.74) is 0. The van der Waals surface area contributed by atoms with Gasteiger partial charge in [-0.1, -0.05) is 6.07 Å². The van der Waals surface area contributed by atoms with E-state index < -0.39 is 7.32 Å². The Labute approximate surface area is 123 Å². The van der Waals surface area contributed by atoms with E-state index in [1.54, 1.807) is 0 Å². The SMILES string of the molecule is C1N2CN3CN1CN(C2)C3.OB(O)Oc1cccc(O)c1. The Bertz CT molecular complexity index is 434. The summed E-state index contributed by atoms with van der Waals surface area (Å²) < 4.78 is 4.45. The number of phenols is 1. The number of benzene rings is 1. The fourth-order valence-electron chi connectivity index (χ4n) is 2.91. The van der Waals surface area contributed by atoms with Crippen LogP contribution in [0.3, 0.4) is 0 Å². The highest BCUT2D eigenvalue weighted by molar-refractivity contribution is 6.33. The zero-order valence-corrected chi connectivity index (χ0v) is 11.7. The first-order valence-corrected chi connectivity index (χ1v) is 6.80. The predicted molar refractivity (Wildman–Crippen MR) is 75.5 cm³/mol. The van der Waals surface area contributed by atoms with Crippen LogP contribution in [0.25, 0.3) is 0 Å². The number of aromatic hydroxyl groups is 1. The molecule has 1 aromatic carbocycles. The van der Waals surface area contributed by atoms with Gasteiger partial charge in [-0.2, -0.15) is 0 Å². The maximum atomic E-state index is 8.88. The largest absolute Gasteiger partial charge is 0.707 e. The van der Waals surface area contributed by atoms with Gasteiger partial charge in [0.25, 0.3) is 0 Å². The first kappa shape index (κ1) is 14.6. The van der Waals surface area contributed by atoms with Gasteiger partial charge in [-0.15, -0.1) is 0 Å². The van der Waals surface area contributed by atoms with Crippen LogP contribution in [0, 0.1) is 0 Å². The van der Waals surface area contributed by atoms with Gasteiger partial charge in [0.05, 0.1) is 40.0 Å². The van der Waals surface area contributed by atoms with Gasteiger partial charge in [0.1, 0.15) is 11.5 Å². The molecule has 8 nitrogen and oxygen atoms in total. The van der Waals surface area contributed by atoms with Gasteiger partial charge in [-0.3, -0.25) is 19.6 Å². The third-order valence-electron chi connectivity index (χ3n) is 3.46. The van der Waals surface area contributed by atoms with Crippen LogP contribution in [0.4, 0.5) is 0 Å². The molecule has 0 amide bonds. The van der Waals surface area contributed by atoms with E-state index in [1.165, 1.54) is 64.3 Å². The Kier molecular flexibility index (Phi) is 4.29. The molecular formula is C12H19BN4O4. The van der Waals surface area contributed by atoms with Crippen LogP contribution < -0.4 is 4.65 Å². The van der Waals surface area contributed by atoms with E-state index in [2.05, 4.69) is 24.3 Å². The molecule has 0 radical (unpaired) electrons. The Morgan fingerprint density at radius 3 is 1.71 bits per heavy atom. The molecule has 4 aliphatic heterocycles. The Morgan fingerprint density at radius 1 is 0.857 bits per heavy atom. The average Bonchev–Trinajstić information content (AvgIpc) is 2.36. The molecule has 5 rings (SSSR count). The average molecular weight is 294 g/mol. The van der Waals surface area contributed by atoms with E-state index in [0.717, 1.165) is 0 Å². The standard InChI is InChI=1S/C6H7BO4.C6H12N4/c8-5-2-1-3-6(4-5)11-7(9)10;1-7-2-9-4-8(1)5-10(3-7)6-9/h1-4,8-10H;1-6H2. The summed E-state index contributed by atoms with van der Waals surface area (Å²) in [4.78, 5) is 9.88. The monoisotopic (exact) mass is 294 g/mol. The summed E-state index contributed by atoms with van der Waals surface area (Å²) in [6, 6.07) is 5.77. The Balaban J connectivity index is 0.000000126. The van der Waals surface area contributed by atoms with Crippen LogP contribution in [-0.4, -0.2) is 82.1 Å². The second-order valence-corrected chi connectivity index (χ2v) is 5.47. The minimum Gasteiger partial charge on any atom is -0.512 e. The number of hydrogen-bond acceptors (Lipinski definition) is 8. The van der Waals surface area contributed by atoms with E-state index in [-0.39, 0.29) is 11.5 Å². The summed E-state index contributed by atoms with van der Waals surface area (Å²) in [5.74, 6) is 0.225. The summed E-state index contributed by atoms with van der Waals surface area (Å²) >= 11 is 0. The third kappa shape index (κ3) is 3.85. The minimum absolute atomic E-state index is 0.0168. The minimum atomic E-state index is -1.85. The molecule has 114 valence electrons. The molecule has 21 heavy (non-hydrogen) atoms. The molecule has 0 unspecified atom stereocenters. The molecular weight excluding hydrogens is 275 g/mol. The maximum Gasteiger partial charge on any atom is 0.707 e. The molecule has 1 aromatic rings. The van der Waals surface area contributed by atoms with E-state index >= 15 is 0 Å². The topological polar surface area (TPSA) is 82.9 Å². The second kappa shape index (κ2) is 6.18. The van der Waals surface area contributed by atoms with Crippen molar-refractivity contribution in [2.24, 2.45) is 0 Å². The van der Waals surface area contributed by atoms with Crippen molar-refractivity contribution in [3.63, 3.8) is 0 Å². The van der Waals surface area contributed by atoms with Gasteiger partial charge in [0.2, 0.25) is 0 Å². The van der Waals surface area contributed by atoms with Crippen molar-refractivity contribution in [2.45, 2.75) is 0 Å². The van der Waals surface area contributed by atoms with Crippen LogP contribution in [0.1, 0.15) is 0 Å². The number of phenolic OH excluding ortho intramolecular Hbond substituents is 1. The van der Waals surface area contributed by atoms with Crippen molar-refractivity contribution in [3.05, 3.63) is 24.3 Å². The molecule has 3 N–H and O–H groups in total. The quantitative estimate of drug-likeness (QED) is 0.582. The molecule has 4 fully saturated rings. The van der Waals surface area contributed by atoms with Gasteiger partial charge in [0.15, 0.2) is 0 Å². The van der Waals surface area contributed by atoms with Gasteiger partial charge >= 0.3 is 7.32 Å². The number of nitrogens with zero attached hydrogens (tertiary/aromatic N) is 4. The predicted octanol–water partition coefficient (Wildman–Crippen LogP) is -1.28. The lowest BCUT2D eigenvalue weighted by Gasteiger charge is -2.56. The third-order valence-corrected chi connectivity index (χ3v) is 3.46. The normalized spacial score (nSPS) is 32.3. The van der Waals surface area contributed by atoms with Crippen molar-refractivity contribution in [2.75, 3.05) is 40.0 Å². The summed E-state index contributed by atoms with van der Waals surface area (Å²) in [7, 11) is -1.85. The number of hydrogen-bond donors (Lipinski definition) is 3. The summed E-state index contributed by atoms with van der Waals surface area (Å²) in [5, 5.41) is 25.6. The van der Waals surface area contributed by atoms with Gasteiger partial charge < -0.3 is 19.8 Å². The molecule has 4 heterocycles. The lowest BCUT2D eigenvalue weighted by atomic mass is 10.2. The highest BCUT2D eigenvalue weighted by Gasteiger charge is 2.36. The van der Waals surface area contributed by atoms with Crippen LogP contribution in [0.2, 0.25) is 0 Å². The lowest BCUT2D eigenvalue weighted by Crippen LogP contribution is -2.71. The molecule has 0 aromatic heterocycles. The number of rotatable bonds is 2. The van der Waals surface area contributed by atoms with E-state index in [9.17, 15) is 0 Å². The van der Waals surface area contributed by atoms with Crippen LogP contribution in [0.5, 0.6) is 11.5 Å². The highest BCUT2D eigenvalue weighted by Crippen LogP contribution is 2.20. The maximum absolute atomic E-state index is 8.88. The van der Waals surface area contributed by atoms with Crippen molar-refractivity contribution in [3.8, 4) is 11.5 Å². The van der Waals surface area contributed by atoms with E-state index in [1.807, 2.05) is 0 Å². The van der Waals surface area contributed by atoms with Crippen molar-refractivity contribution in [1.82, 2.24) is 19.6 Å². The molecule has 9 heteroatoms. The lowest BCUT2D eigenvalue weighted by molar-refractivity contribution is -0.194. The molecule has 4 bridgehead atoms.